The lowest BCUT2D eigenvalue weighted by Crippen LogP contribution is -2.37. The number of hydrogen-bond acceptors (Lipinski definition) is 2. The van der Waals surface area contributed by atoms with Crippen molar-refractivity contribution in [2.75, 3.05) is 13.6 Å². The predicted octanol–water partition coefficient (Wildman–Crippen LogP) is 2.89. The van der Waals surface area contributed by atoms with Crippen LogP contribution in [0.4, 0.5) is 8.78 Å². The van der Waals surface area contributed by atoms with Gasteiger partial charge in [-0.3, -0.25) is 9.79 Å². The van der Waals surface area contributed by atoms with E-state index in [4.69, 9.17) is 0 Å². The van der Waals surface area contributed by atoms with Gasteiger partial charge in [0.2, 0.25) is 5.56 Å². The molecule has 1 heterocycles. The third-order valence-electron chi connectivity index (χ3n) is 3.69. The normalized spacial score (nSPS) is 11.0. The van der Waals surface area contributed by atoms with Gasteiger partial charge in [0.1, 0.15) is 11.6 Å². The van der Waals surface area contributed by atoms with Crippen molar-refractivity contribution < 1.29 is 8.78 Å². The molecule has 1 aromatic carbocycles. The second-order valence-electron chi connectivity index (χ2n) is 5.53. The van der Waals surface area contributed by atoms with Crippen LogP contribution in [0.5, 0.6) is 0 Å². The highest BCUT2D eigenvalue weighted by Gasteiger charge is 2.05. The van der Waals surface area contributed by atoms with Crippen LogP contribution in [-0.4, -0.2) is 24.1 Å². The van der Waals surface area contributed by atoms with Gasteiger partial charge in [-0.2, -0.15) is 0 Å². The number of halogens is 3. The van der Waals surface area contributed by atoms with Crippen LogP contribution < -0.4 is 16.2 Å². The van der Waals surface area contributed by atoms with E-state index < -0.39 is 11.6 Å². The highest BCUT2D eigenvalue weighted by molar-refractivity contribution is 14.0. The largest absolute Gasteiger partial charge is 0.356 e. The molecule has 0 aliphatic rings. The van der Waals surface area contributed by atoms with Gasteiger partial charge < -0.3 is 15.2 Å². The molecule has 0 bridgehead atoms. The van der Waals surface area contributed by atoms with Gasteiger partial charge in [-0.05, 0) is 37.1 Å². The molecule has 26 heavy (non-hydrogen) atoms. The number of nitrogens with zero attached hydrogens (tertiary/aromatic N) is 2. The minimum absolute atomic E-state index is 0. The standard InChI is InChI=1S/C18H22F2N4O.HI/c1-21-18(23-13-14-12-15(19)7-8-16(14)20)22-9-3-5-11-24-10-4-2-6-17(24)25;/h2,4,6-8,10,12H,3,5,9,11,13H2,1H3,(H2,21,22,23);1H. The minimum atomic E-state index is -0.475. The smallest absolute Gasteiger partial charge is 0.250 e. The Hall–Kier alpha value is -1.97. The second kappa shape index (κ2) is 11.6. The lowest BCUT2D eigenvalue weighted by atomic mass is 10.2. The van der Waals surface area contributed by atoms with E-state index in [1.165, 1.54) is 6.07 Å². The fraction of sp³-hybridized carbons (Fsp3) is 0.333. The first kappa shape index (κ1) is 22.1. The zero-order chi connectivity index (χ0) is 18.1. The molecule has 2 aromatic rings. The summed E-state index contributed by atoms with van der Waals surface area (Å²) in [5, 5.41) is 6.06. The number of benzene rings is 1. The average molecular weight is 476 g/mol. The Morgan fingerprint density at radius 3 is 2.69 bits per heavy atom. The molecule has 142 valence electrons. The highest BCUT2D eigenvalue weighted by Crippen LogP contribution is 2.09. The molecule has 0 saturated heterocycles. The summed E-state index contributed by atoms with van der Waals surface area (Å²) in [6.45, 7) is 1.46. The summed E-state index contributed by atoms with van der Waals surface area (Å²) in [6.07, 6.45) is 3.45. The number of pyridine rings is 1. The molecule has 0 saturated carbocycles. The van der Waals surface area contributed by atoms with Crippen molar-refractivity contribution in [3.05, 3.63) is 70.1 Å². The van der Waals surface area contributed by atoms with E-state index in [0.29, 0.717) is 19.0 Å². The topological polar surface area (TPSA) is 58.4 Å². The van der Waals surface area contributed by atoms with Gasteiger partial charge >= 0.3 is 0 Å². The van der Waals surface area contributed by atoms with Crippen LogP contribution in [0.25, 0.3) is 0 Å². The van der Waals surface area contributed by atoms with Gasteiger partial charge in [0.15, 0.2) is 5.96 Å². The fourth-order valence-corrected chi connectivity index (χ4v) is 2.34. The van der Waals surface area contributed by atoms with Crippen LogP contribution in [0.15, 0.2) is 52.4 Å². The van der Waals surface area contributed by atoms with E-state index >= 15 is 0 Å². The predicted molar refractivity (Wildman–Crippen MR) is 110 cm³/mol. The maximum Gasteiger partial charge on any atom is 0.250 e. The van der Waals surface area contributed by atoms with Gasteiger partial charge in [0.05, 0.1) is 0 Å². The lowest BCUT2D eigenvalue weighted by molar-refractivity contribution is 0.577. The third kappa shape index (κ3) is 7.11. The second-order valence-corrected chi connectivity index (χ2v) is 5.53. The van der Waals surface area contributed by atoms with Gasteiger partial charge in [-0.1, -0.05) is 6.07 Å². The number of aliphatic imine (C=N–C) groups is 1. The zero-order valence-corrected chi connectivity index (χ0v) is 16.9. The van der Waals surface area contributed by atoms with Crippen molar-refractivity contribution in [2.45, 2.75) is 25.9 Å². The van der Waals surface area contributed by atoms with Crippen molar-refractivity contribution in [3.63, 3.8) is 0 Å². The van der Waals surface area contributed by atoms with Crippen molar-refractivity contribution in [3.8, 4) is 0 Å². The molecule has 5 nitrogen and oxygen atoms in total. The van der Waals surface area contributed by atoms with E-state index in [0.717, 1.165) is 31.0 Å². The first-order valence-electron chi connectivity index (χ1n) is 8.14. The van der Waals surface area contributed by atoms with E-state index in [-0.39, 0.29) is 41.6 Å². The Labute approximate surface area is 168 Å². The first-order valence-corrected chi connectivity index (χ1v) is 8.14. The number of guanidine groups is 1. The van der Waals surface area contributed by atoms with Crippen LogP contribution in [0.1, 0.15) is 18.4 Å². The number of nitrogens with one attached hydrogen (secondary N) is 2. The maximum absolute atomic E-state index is 13.6. The monoisotopic (exact) mass is 476 g/mol. The van der Waals surface area contributed by atoms with Crippen LogP contribution >= 0.6 is 24.0 Å². The van der Waals surface area contributed by atoms with Crippen LogP contribution in [0.3, 0.4) is 0 Å². The highest BCUT2D eigenvalue weighted by atomic mass is 127. The van der Waals surface area contributed by atoms with Crippen LogP contribution in [-0.2, 0) is 13.1 Å². The number of aromatic nitrogens is 1. The van der Waals surface area contributed by atoms with Crippen LogP contribution in [0.2, 0.25) is 0 Å². The molecule has 0 aliphatic heterocycles. The number of hydrogen-bond donors (Lipinski definition) is 2. The lowest BCUT2D eigenvalue weighted by Gasteiger charge is -2.12. The first-order chi connectivity index (χ1) is 12.1. The summed E-state index contributed by atoms with van der Waals surface area (Å²) in [4.78, 5) is 15.6. The maximum atomic E-state index is 13.6. The molecule has 0 radical (unpaired) electrons. The molecular formula is C18H23F2IN4O. The summed E-state index contributed by atoms with van der Waals surface area (Å²) in [7, 11) is 1.61. The summed E-state index contributed by atoms with van der Waals surface area (Å²) in [6, 6.07) is 8.44. The molecule has 2 rings (SSSR count). The Morgan fingerprint density at radius 1 is 1.15 bits per heavy atom. The Kier molecular flexibility index (Phi) is 9.85. The molecule has 0 spiro atoms. The average Bonchev–Trinajstić information content (AvgIpc) is 2.61. The number of aryl methyl sites for hydroxylation is 1. The van der Waals surface area contributed by atoms with Gasteiger partial charge in [-0.25, -0.2) is 8.78 Å². The Balaban J connectivity index is 0.00000338. The van der Waals surface area contributed by atoms with Crippen molar-refractivity contribution in [2.24, 2.45) is 4.99 Å². The molecular weight excluding hydrogens is 453 g/mol. The summed E-state index contributed by atoms with van der Waals surface area (Å²) in [5.41, 5.74) is 0.233. The quantitative estimate of drug-likeness (QED) is 0.280. The molecule has 0 atom stereocenters. The minimum Gasteiger partial charge on any atom is -0.356 e. The van der Waals surface area contributed by atoms with Crippen LogP contribution in [0, 0.1) is 11.6 Å². The summed E-state index contributed by atoms with van der Waals surface area (Å²) < 4.78 is 28.4. The van der Waals surface area contributed by atoms with Crippen molar-refractivity contribution in [1.29, 1.82) is 0 Å². The van der Waals surface area contributed by atoms with E-state index in [9.17, 15) is 13.6 Å². The van der Waals surface area contributed by atoms with Crippen molar-refractivity contribution >= 4 is 29.9 Å². The SMILES string of the molecule is CN=C(NCCCCn1ccccc1=O)NCc1cc(F)ccc1F.I. The number of rotatable bonds is 7. The van der Waals surface area contributed by atoms with Crippen molar-refractivity contribution in [1.82, 2.24) is 15.2 Å². The third-order valence-corrected chi connectivity index (χ3v) is 3.69. The Morgan fingerprint density at radius 2 is 1.96 bits per heavy atom. The molecule has 0 aliphatic carbocycles. The summed E-state index contributed by atoms with van der Waals surface area (Å²) in [5.74, 6) is -0.421. The Bertz CT molecular complexity index is 780. The van der Waals surface area contributed by atoms with E-state index in [1.807, 2.05) is 6.07 Å². The molecule has 0 fully saturated rings. The molecule has 0 unspecified atom stereocenters. The zero-order valence-electron chi connectivity index (χ0n) is 14.5. The van der Waals surface area contributed by atoms with Gasteiger partial charge in [0.25, 0.3) is 0 Å². The van der Waals surface area contributed by atoms with Gasteiger partial charge in [0, 0.05) is 44.5 Å². The number of unbranched alkanes of at least 4 members (excludes halogenated alkanes) is 1. The van der Waals surface area contributed by atoms with E-state index in [1.54, 1.807) is 23.9 Å². The molecule has 8 heteroatoms. The van der Waals surface area contributed by atoms with Gasteiger partial charge in [-0.15, -0.1) is 24.0 Å². The fourth-order valence-electron chi connectivity index (χ4n) is 2.34. The molecule has 1 aromatic heterocycles. The summed E-state index contributed by atoms with van der Waals surface area (Å²) >= 11 is 0. The van der Waals surface area contributed by atoms with E-state index in [2.05, 4.69) is 15.6 Å². The molecule has 2 N–H and O–H groups in total. The molecule has 0 amide bonds.